The van der Waals surface area contributed by atoms with E-state index in [9.17, 15) is 14.4 Å². The molecule has 83 heavy (non-hydrogen) atoms. The number of carbonyl (C=O) groups is 3. The number of rotatable bonds is 64. The Labute approximate surface area is 514 Å². The number of allylic oxidation sites excluding steroid dienone is 18. The van der Waals surface area contributed by atoms with Gasteiger partial charge in [0.1, 0.15) is 13.2 Å². The molecule has 0 aliphatic carbocycles. The molecule has 0 aromatic carbocycles. The van der Waals surface area contributed by atoms with Crippen LogP contribution in [0.5, 0.6) is 0 Å². The molecule has 0 N–H and O–H groups in total. The molecule has 0 aromatic heterocycles. The molecule has 0 saturated heterocycles. The number of carbonyl (C=O) groups excluding carboxylic acids is 3. The minimum absolute atomic E-state index is 0.0798. The van der Waals surface area contributed by atoms with E-state index in [2.05, 4.69) is 130 Å². The number of hydrogen-bond donors (Lipinski definition) is 0. The van der Waals surface area contributed by atoms with Crippen LogP contribution in [0.1, 0.15) is 342 Å². The molecule has 0 aliphatic rings. The van der Waals surface area contributed by atoms with Gasteiger partial charge >= 0.3 is 17.9 Å². The van der Waals surface area contributed by atoms with Gasteiger partial charge in [0.15, 0.2) is 6.10 Å². The Morgan fingerprint density at radius 3 is 0.735 bits per heavy atom. The van der Waals surface area contributed by atoms with Crippen molar-refractivity contribution in [2.24, 2.45) is 0 Å². The summed E-state index contributed by atoms with van der Waals surface area (Å²) in [7, 11) is 0. The maximum Gasteiger partial charge on any atom is 0.306 e. The molecule has 476 valence electrons. The standard InChI is InChI=1S/C77H132O6/c1-4-7-10-13-16-19-22-24-26-28-30-32-33-34-35-36-37-38-39-40-41-42-43-45-46-48-50-52-55-58-61-64-67-70-76(79)82-73-74(72-81-75(78)69-66-63-60-57-54-21-18-15-12-9-6-3)83-77(80)71-68-65-62-59-56-53-51-49-47-44-31-29-27-25-23-20-17-14-11-8-5-2/h7,10,16,19,24,26,30,32,34-35,37-38,40-41,43,45,48,50,74H,4-6,8-9,11-15,17-18,20-23,25,27-29,31,33,36,39,42,44,46-47,49,51-73H2,1-3H3/b10-7-,19-16-,26-24-,32-30-,35-34-,38-37-,41-40-,45-43-,50-48-. The zero-order valence-corrected chi connectivity index (χ0v) is 54.7. The predicted molar refractivity (Wildman–Crippen MR) is 362 cm³/mol. The highest BCUT2D eigenvalue weighted by Crippen LogP contribution is 2.17. The Bertz CT molecular complexity index is 1660. The van der Waals surface area contributed by atoms with Gasteiger partial charge in [-0.2, -0.15) is 0 Å². The third-order valence-electron chi connectivity index (χ3n) is 15.3. The van der Waals surface area contributed by atoms with Crippen LogP contribution in [0.15, 0.2) is 109 Å². The largest absolute Gasteiger partial charge is 0.462 e. The van der Waals surface area contributed by atoms with Crippen LogP contribution < -0.4 is 0 Å². The predicted octanol–water partition coefficient (Wildman–Crippen LogP) is 24.6. The second-order valence-corrected chi connectivity index (χ2v) is 23.4. The fourth-order valence-electron chi connectivity index (χ4n) is 10.0. The number of unbranched alkanes of at least 4 members (excludes halogenated alkanes) is 35. The lowest BCUT2D eigenvalue weighted by Crippen LogP contribution is -2.30. The van der Waals surface area contributed by atoms with E-state index >= 15 is 0 Å². The van der Waals surface area contributed by atoms with Crippen molar-refractivity contribution in [2.45, 2.75) is 348 Å². The third kappa shape index (κ3) is 68.7. The molecule has 1 unspecified atom stereocenters. The van der Waals surface area contributed by atoms with Crippen LogP contribution in [-0.4, -0.2) is 37.2 Å². The summed E-state index contributed by atoms with van der Waals surface area (Å²) in [6.45, 7) is 6.55. The van der Waals surface area contributed by atoms with Crippen molar-refractivity contribution in [3.63, 3.8) is 0 Å². The minimum atomic E-state index is -0.785. The first-order valence-electron chi connectivity index (χ1n) is 35.4. The zero-order valence-electron chi connectivity index (χ0n) is 54.7. The van der Waals surface area contributed by atoms with Crippen molar-refractivity contribution in [1.29, 1.82) is 0 Å². The summed E-state index contributed by atoms with van der Waals surface area (Å²) in [4.78, 5) is 38.4. The normalized spacial score (nSPS) is 12.8. The summed E-state index contributed by atoms with van der Waals surface area (Å²) < 4.78 is 16.9. The lowest BCUT2D eigenvalue weighted by atomic mass is 10.0. The van der Waals surface area contributed by atoms with Gasteiger partial charge in [-0.15, -0.1) is 0 Å². The van der Waals surface area contributed by atoms with Crippen LogP contribution in [0.2, 0.25) is 0 Å². The zero-order chi connectivity index (χ0) is 59.9. The van der Waals surface area contributed by atoms with Crippen LogP contribution in [0.4, 0.5) is 0 Å². The van der Waals surface area contributed by atoms with Crippen molar-refractivity contribution >= 4 is 17.9 Å². The molecule has 1 atom stereocenters. The van der Waals surface area contributed by atoms with Gasteiger partial charge in [0.25, 0.3) is 0 Å². The van der Waals surface area contributed by atoms with E-state index in [1.165, 1.54) is 167 Å². The van der Waals surface area contributed by atoms with Gasteiger partial charge in [-0.1, -0.05) is 342 Å². The number of esters is 3. The first-order chi connectivity index (χ1) is 41.0. The van der Waals surface area contributed by atoms with Crippen LogP contribution in [-0.2, 0) is 28.6 Å². The molecule has 0 heterocycles. The Kier molecular flexibility index (Phi) is 67.2. The van der Waals surface area contributed by atoms with Gasteiger partial charge in [-0.25, -0.2) is 0 Å². The van der Waals surface area contributed by atoms with E-state index in [-0.39, 0.29) is 31.1 Å². The molecule has 0 radical (unpaired) electrons. The summed E-state index contributed by atoms with van der Waals surface area (Å²) in [5, 5.41) is 0. The highest BCUT2D eigenvalue weighted by molar-refractivity contribution is 5.71. The number of hydrogen-bond acceptors (Lipinski definition) is 6. The Morgan fingerprint density at radius 2 is 0.470 bits per heavy atom. The van der Waals surface area contributed by atoms with Gasteiger partial charge < -0.3 is 14.2 Å². The van der Waals surface area contributed by atoms with Gasteiger partial charge in [0.2, 0.25) is 0 Å². The molecule has 0 fully saturated rings. The van der Waals surface area contributed by atoms with E-state index in [4.69, 9.17) is 14.2 Å². The highest BCUT2D eigenvalue weighted by Gasteiger charge is 2.19. The van der Waals surface area contributed by atoms with Crippen molar-refractivity contribution in [2.75, 3.05) is 13.2 Å². The first-order valence-corrected chi connectivity index (χ1v) is 35.4. The molecule has 0 saturated carbocycles. The monoisotopic (exact) mass is 1150 g/mol. The summed E-state index contributed by atoms with van der Waals surface area (Å²) in [5.74, 6) is -0.885. The molecule has 0 aliphatic heterocycles. The van der Waals surface area contributed by atoms with Crippen LogP contribution in [0.25, 0.3) is 0 Å². The van der Waals surface area contributed by atoms with E-state index < -0.39 is 6.10 Å². The van der Waals surface area contributed by atoms with Crippen LogP contribution in [0, 0.1) is 0 Å². The molecular formula is C77H132O6. The lowest BCUT2D eigenvalue weighted by Gasteiger charge is -2.18. The first kappa shape index (κ1) is 79.1. The molecular weight excluding hydrogens is 1020 g/mol. The van der Waals surface area contributed by atoms with E-state index in [0.717, 1.165) is 135 Å². The van der Waals surface area contributed by atoms with Gasteiger partial charge in [0, 0.05) is 19.3 Å². The van der Waals surface area contributed by atoms with E-state index in [1.807, 2.05) is 0 Å². The minimum Gasteiger partial charge on any atom is -0.462 e. The summed E-state index contributed by atoms with van der Waals surface area (Å²) in [5.41, 5.74) is 0. The van der Waals surface area contributed by atoms with Crippen LogP contribution >= 0.6 is 0 Å². The second kappa shape index (κ2) is 70.6. The van der Waals surface area contributed by atoms with Crippen molar-refractivity contribution in [3.05, 3.63) is 109 Å². The molecule has 0 bridgehead atoms. The SMILES string of the molecule is CC/C=C\C/C=C\C/C=C\C/C=C\C/C=C\C/C=C\C/C=C\C/C=C\C/C=C\CCCCCCCC(=O)OCC(COC(=O)CCCCCCCCCCCCC)OC(=O)CCCCCCCCCCCCCCCCCCCCCCC. The van der Waals surface area contributed by atoms with Gasteiger partial charge in [0.05, 0.1) is 0 Å². The van der Waals surface area contributed by atoms with Crippen molar-refractivity contribution in [3.8, 4) is 0 Å². The van der Waals surface area contributed by atoms with E-state index in [0.29, 0.717) is 19.3 Å². The summed E-state index contributed by atoms with van der Waals surface area (Å²) >= 11 is 0. The molecule has 0 spiro atoms. The molecule has 0 rings (SSSR count). The quantitative estimate of drug-likeness (QED) is 0.0261. The van der Waals surface area contributed by atoms with E-state index in [1.54, 1.807) is 0 Å². The summed E-state index contributed by atoms with van der Waals surface area (Å²) in [6.07, 6.45) is 96.9. The molecule has 6 nitrogen and oxygen atoms in total. The van der Waals surface area contributed by atoms with Crippen molar-refractivity contribution in [1.82, 2.24) is 0 Å². The summed E-state index contributed by atoms with van der Waals surface area (Å²) in [6, 6.07) is 0. The Hall–Kier alpha value is -3.93. The third-order valence-corrected chi connectivity index (χ3v) is 15.3. The average molecular weight is 1150 g/mol. The Morgan fingerprint density at radius 1 is 0.253 bits per heavy atom. The topological polar surface area (TPSA) is 78.9 Å². The molecule has 6 heteroatoms. The number of ether oxygens (including phenoxy) is 3. The lowest BCUT2D eigenvalue weighted by molar-refractivity contribution is -0.167. The highest BCUT2D eigenvalue weighted by atomic mass is 16.6. The molecule has 0 amide bonds. The van der Waals surface area contributed by atoms with Crippen molar-refractivity contribution < 1.29 is 28.6 Å². The average Bonchev–Trinajstić information content (AvgIpc) is 3.48. The Balaban J connectivity index is 4.27. The van der Waals surface area contributed by atoms with Crippen LogP contribution in [0.3, 0.4) is 0 Å². The second-order valence-electron chi connectivity index (χ2n) is 23.4. The fraction of sp³-hybridized carbons (Fsp3) is 0.727. The maximum atomic E-state index is 12.9. The maximum absolute atomic E-state index is 12.9. The molecule has 0 aromatic rings. The van der Waals surface area contributed by atoms with Gasteiger partial charge in [-0.05, 0) is 89.9 Å². The fourth-order valence-corrected chi connectivity index (χ4v) is 10.0. The smallest absolute Gasteiger partial charge is 0.306 e. The van der Waals surface area contributed by atoms with Gasteiger partial charge in [-0.3, -0.25) is 14.4 Å².